The van der Waals surface area contributed by atoms with Crippen molar-refractivity contribution in [2.75, 3.05) is 13.1 Å². The fourth-order valence-electron chi connectivity index (χ4n) is 1.05. The summed E-state index contributed by atoms with van der Waals surface area (Å²) in [4.78, 5) is 0. The van der Waals surface area contributed by atoms with Crippen LogP contribution in [0.15, 0.2) is 0 Å². The Labute approximate surface area is 68.8 Å². The van der Waals surface area contributed by atoms with E-state index in [0.29, 0.717) is 4.31 Å². The average Bonchev–Trinajstić information content (AvgIpc) is 2.35. The predicted octanol–water partition coefficient (Wildman–Crippen LogP) is -0.395. The third kappa shape index (κ3) is 1.73. The normalized spacial score (nSPS) is 26.8. The Balaban J connectivity index is 2.71. The average molecular weight is 201 g/mol. The molecule has 7 heteroatoms. The molecule has 72 valence electrons. The van der Waals surface area contributed by atoms with Crippen molar-refractivity contribution in [3.63, 3.8) is 0 Å². The van der Waals surface area contributed by atoms with Crippen LogP contribution in [0.1, 0.15) is 6.42 Å². The molecular formula is C5H9F2NO3S. The second kappa shape index (κ2) is 3.23. The van der Waals surface area contributed by atoms with Gasteiger partial charge < -0.3 is 5.11 Å². The predicted molar refractivity (Wildman–Crippen MR) is 37.1 cm³/mol. The molecule has 0 aromatic rings. The highest BCUT2D eigenvalue weighted by atomic mass is 32.2. The molecule has 0 aliphatic carbocycles. The van der Waals surface area contributed by atoms with Crippen LogP contribution in [0.5, 0.6) is 0 Å². The molecule has 1 atom stereocenters. The van der Waals surface area contributed by atoms with Crippen molar-refractivity contribution in [2.45, 2.75) is 18.3 Å². The number of sulfonamides is 1. The molecule has 1 saturated heterocycles. The summed E-state index contributed by atoms with van der Waals surface area (Å²) in [7, 11) is -4.47. The molecule has 12 heavy (non-hydrogen) atoms. The quantitative estimate of drug-likeness (QED) is 0.661. The van der Waals surface area contributed by atoms with Crippen LogP contribution in [0.25, 0.3) is 0 Å². The van der Waals surface area contributed by atoms with Crippen LogP contribution in [-0.2, 0) is 10.0 Å². The van der Waals surface area contributed by atoms with Crippen LogP contribution in [0.3, 0.4) is 0 Å². The van der Waals surface area contributed by atoms with Crippen molar-refractivity contribution in [3.05, 3.63) is 0 Å². The largest absolute Gasteiger partial charge is 0.392 e. The number of hydrogen-bond acceptors (Lipinski definition) is 3. The number of β-amino-alcohol motifs (C(OH)–C–C–N with tert-alkyl or cyclic N) is 1. The van der Waals surface area contributed by atoms with Crippen molar-refractivity contribution >= 4 is 10.0 Å². The fraction of sp³-hybridized carbons (Fsp3) is 1.00. The molecule has 1 rings (SSSR count). The maximum absolute atomic E-state index is 11.9. The summed E-state index contributed by atoms with van der Waals surface area (Å²) < 4.78 is 45.9. The number of aliphatic hydroxyl groups excluding tert-OH is 1. The van der Waals surface area contributed by atoms with Crippen molar-refractivity contribution in [1.82, 2.24) is 4.31 Å². The second-order valence-corrected chi connectivity index (χ2v) is 4.51. The van der Waals surface area contributed by atoms with Crippen LogP contribution >= 0.6 is 0 Å². The maximum atomic E-state index is 11.9. The third-order valence-electron chi connectivity index (χ3n) is 1.71. The Bertz CT molecular complexity index is 253. The topological polar surface area (TPSA) is 57.6 Å². The van der Waals surface area contributed by atoms with E-state index in [0.717, 1.165) is 0 Å². The summed E-state index contributed by atoms with van der Waals surface area (Å²) >= 11 is 0. The minimum Gasteiger partial charge on any atom is -0.392 e. The zero-order chi connectivity index (χ0) is 9.35. The molecular weight excluding hydrogens is 192 g/mol. The first-order valence-corrected chi connectivity index (χ1v) is 4.90. The van der Waals surface area contributed by atoms with Gasteiger partial charge in [-0.05, 0) is 6.42 Å². The first kappa shape index (κ1) is 9.82. The van der Waals surface area contributed by atoms with Gasteiger partial charge in [-0.25, -0.2) is 8.42 Å². The lowest BCUT2D eigenvalue weighted by Gasteiger charge is -2.13. The Hall–Kier alpha value is -0.270. The van der Waals surface area contributed by atoms with Gasteiger partial charge in [-0.1, -0.05) is 0 Å². The van der Waals surface area contributed by atoms with E-state index in [-0.39, 0.29) is 19.5 Å². The first-order chi connectivity index (χ1) is 5.44. The van der Waals surface area contributed by atoms with Gasteiger partial charge in [-0.15, -0.1) is 0 Å². The van der Waals surface area contributed by atoms with Gasteiger partial charge in [-0.3, -0.25) is 0 Å². The van der Waals surface area contributed by atoms with Gasteiger partial charge in [0.15, 0.2) is 0 Å². The molecule has 0 aromatic carbocycles. The summed E-state index contributed by atoms with van der Waals surface area (Å²) in [5, 5.41) is 8.89. The number of aliphatic hydroxyl groups is 1. The monoisotopic (exact) mass is 201 g/mol. The van der Waals surface area contributed by atoms with E-state index in [1.807, 2.05) is 0 Å². The lowest BCUT2D eigenvalue weighted by atomic mass is 10.3. The number of rotatable bonds is 2. The van der Waals surface area contributed by atoms with Crippen LogP contribution < -0.4 is 0 Å². The van der Waals surface area contributed by atoms with Crippen molar-refractivity contribution in [2.24, 2.45) is 0 Å². The van der Waals surface area contributed by atoms with Crippen LogP contribution in [0.2, 0.25) is 0 Å². The van der Waals surface area contributed by atoms with E-state index in [4.69, 9.17) is 5.11 Å². The molecule has 0 amide bonds. The summed E-state index contributed by atoms with van der Waals surface area (Å²) in [6, 6.07) is 0. The summed E-state index contributed by atoms with van der Waals surface area (Å²) in [6.45, 7) is -0.236. The maximum Gasteiger partial charge on any atom is 0.350 e. The van der Waals surface area contributed by atoms with E-state index >= 15 is 0 Å². The van der Waals surface area contributed by atoms with Crippen molar-refractivity contribution in [3.8, 4) is 0 Å². The van der Waals surface area contributed by atoms with E-state index in [1.54, 1.807) is 0 Å². The minimum absolute atomic E-state index is 0.0200. The molecule has 1 heterocycles. The molecule has 0 radical (unpaired) electrons. The van der Waals surface area contributed by atoms with Gasteiger partial charge in [0.25, 0.3) is 10.0 Å². The molecule has 1 aliphatic heterocycles. The van der Waals surface area contributed by atoms with Crippen LogP contribution in [-0.4, -0.2) is 42.8 Å². The molecule has 4 nitrogen and oxygen atoms in total. The number of halogens is 2. The lowest BCUT2D eigenvalue weighted by Crippen LogP contribution is -2.34. The highest BCUT2D eigenvalue weighted by Crippen LogP contribution is 2.18. The van der Waals surface area contributed by atoms with Gasteiger partial charge in [0.05, 0.1) is 6.10 Å². The Morgan fingerprint density at radius 3 is 2.42 bits per heavy atom. The number of nitrogens with zero attached hydrogens (tertiary/aromatic N) is 1. The molecule has 0 aromatic heterocycles. The first-order valence-electron chi connectivity index (χ1n) is 3.40. The SMILES string of the molecule is O=S(=O)(C(F)F)N1CCC(O)C1. The number of hydrogen-bond donors (Lipinski definition) is 1. The van der Waals surface area contributed by atoms with Gasteiger partial charge in [0, 0.05) is 13.1 Å². The Kier molecular flexibility index (Phi) is 2.64. The smallest absolute Gasteiger partial charge is 0.350 e. The van der Waals surface area contributed by atoms with Crippen molar-refractivity contribution < 1.29 is 22.3 Å². The van der Waals surface area contributed by atoms with E-state index < -0.39 is 21.9 Å². The molecule has 1 aliphatic rings. The Morgan fingerprint density at radius 2 is 2.08 bits per heavy atom. The highest BCUT2D eigenvalue weighted by Gasteiger charge is 2.36. The molecule has 1 fully saturated rings. The number of alkyl halides is 2. The van der Waals surface area contributed by atoms with Gasteiger partial charge in [0.2, 0.25) is 0 Å². The molecule has 1 N–H and O–H groups in total. The zero-order valence-electron chi connectivity index (χ0n) is 6.15. The Morgan fingerprint density at radius 1 is 1.50 bits per heavy atom. The standard InChI is InChI=1S/C5H9F2NO3S/c6-5(7)12(10,11)8-2-1-4(9)3-8/h4-5,9H,1-3H2. The van der Waals surface area contributed by atoms with Crippen LogP contribution in [0, 0.1) is 0 Å². The summed E-state index contributed by atoms with van der Waals surface area (Å²) in [5.74, 6) is -3.39. The highest BCUT2D eigenvalue weighted by molar-refractivity contribution is 7.89. The van der Waals surface area contributed by atoms with Gasteiger partial charge in [-0.2, -0.15) is 13.1 Å². The van der Waals surface area contributed by atoms with Crippen LogP contribution in [0.4, 0.5) is 8.78 Å². The summed E-state index contributed by atoms with van der Waals surface area (Å²) in [5.41, 5.74) is 0. The summed E-state index contributed by atoms with van der Waals surface area (Å²) in [6.07, 6.45) is -0.579. The molecule has 0 spiro atoms. The van der Waals surface area contributed by atoms with E-state index in [1.165, 1.54) is 0 Å². The minimum atomic E-state index is -4.47. The zero-order valence-corrected chi connectivity index (χ0v) is 6.97. The van der Waals surface area contributed by atoms with Crippen molar-refractivity contribution in [1.29, 1.82) is 0 Å². The fourth-order valence-corrected chi connectivity index (χ4v) is 2.02. The third-order valence-corrected chi connectivity index (χ3v) is 3.21. The molecule has 1 unspecified atom stereocenters. The van der Waals surface area contributed by atoms with Gasteiger partial charge >= 0.3 is 5.76 Å². The molecule has 0 saturated carbocycles. The van der Waals surface area contributed by atoms with Gasteiger partial charge in [0.1, 0.15) is 0 Å². The lowest BCUT2D eigenvalue weighted by molar-refractivity contribution is 0.184. The second-order valence-electron chi connectivity index (χ2n) is 2.61. The molecule has 0 bridgehead atoms. The van der Waals surface area contributed by atoms with E-state index in [9.17, 15) is 17.2 Å². The van der Waals surface area contributed by atoms with E-state index in [2.05, 4.69) is 0 Å².